The van der Waals surface area contributed by atoms with Crippen LogP contribution in [0.4, 0.5) is 10.1 Å². The number of halogens is 1. The summed E-state index contributed by atoms with van der Waals surface area (Å²) in [5, 5.41) is 0. The molecule has 132 valence electrons. The summed E-state index contributed by atoms with van der Waals surface area (Å²) in [4.78, 5) is 16.6. The molecular weight excluding hydrogens is 319 g/mol. The number of hydrogen-bond donors (Lipinski definition) is 0. The van der Waals surface area contributed by atoms with Crippen LogP contribution >= 0.6 is 0 Å². The molecule has 0 unspecified atom stereocenters. The third-order valence-corrected chi connectivity index (χ3v) is 4.41. The molecule has 1 aliphatic rings. The van der Waals surface area contributed by atoms with Gasteiger partial charge >= 0.3 is 0 Å². The van der Waals surface area contributed by atoms with Gasteiger partial charge in [0.2, 0.25) is 5.91 Å². The first-order valence-corrected chi connectivity index (χ1v) is 8.65. The molecule has 2 aromatic rings. The topological polar surface area (TPSA) is 32.8 Å². The average molecular weight is 342 g/mol. The Morgan fingerprint density at radius 1 is 1.00 bits per heavy atom. The third kappa shape index (κ3) is 4.50. The lowest BCUT2D eigenvalue weighted by Crippen LogP contribution is -2.49. The highest BCUT2D eigenvalue weighted by Gasteiger charge is 2.21. The van der Waals surface area contributed by atoms with Crippen molar-refractivity contribution in [3.8, 4) is 5.75 Å². The van der Waals surface area contributed by atoms with Gasteiger partial charge in [0.05, 0.1) is 13.0 Å². The lowest BCUT2D eigenvalue weighted by molar-refractivity contribution is -0.130. The fourth-order valence-electron chi connectivity index (χ4n) is 3.02. The number of ether oxygens (including phenoxy) is 1. The van der Waals surface area contributed by atoms with Crippen LogP contribution in [-0.2, 0) is 11.2 Å². The molecule has 5 heteroatoms. The standard InChI is InChI=1S/C20H23FN2O2/c1-2-25-19-9-7-18(8-10-19)22-11-13-23(14-12-22)20(24)15-16-3-5-17(21)6-4-16/h3-10H,2,11-15H2,1H3. The third-order valence-electron chi connectivity index (χ3n) is 4.41. The monoisotopic (exact) mass is 342 g/mol. The Kier molecular flexibility index (Phi) is 5.53. The summed E-state index contributed by atoms with van der Waals surface area (Å²) >= 11 is 0. The number of nitrogens with zero attached hydrogens (tertiary/aromatic N) is 2. The van der Waals surface area contributed by atoms with Gasteiger partial charge in [-0.25, -0.2) is 4.39 Å². The first-order valence-electron chi connectivity index (χ1n) is 8.65. The lowest BCUT2D eigenvalue weighted by atomic mass is 10.1. The van der Waals surface area contributed by atoms with Crippen molar-refractivity contribution in [2.24, 2.45) is 0 Å². The largest absolute Gasteiger partial charge is 0.494 e. The van der Waals surface area contributed by atoms with Crippen LogP contribution in [0.15, 0.2) is 48.5 Å². The van der Waals surface area contributed by atoms with E-state index in [4.69, 9.17) is 4.74 Å². The number of carbonyl (C=O) groups is 1. The molecule has 0 spiro atoms. The number of piperazine rings is 1. The molecule has 0 atom stereocenters. The van der Waals surface area contributed by atoms with Gasteiger partial charge in [0.15, 0.2) is 0 Å². The van der Waals surface area contributed by atoms with Gasteiger partial charge < -0.3 is 14.5 Å². The second kappa shape index (κ2) is 8.01. The van der Waals surface area contributed by atoms with Gasteiger partial charge in [-0.15, -0.1) is 0 Å². The van der Waals surface area contributed by atoms with Crippen molar-refractivity contribution in [3.05, 3.63) is 59.9 Å². The summed E-state index contributed by atoms with van der Waals surface area (Å²) in [6.07, 6.45) is 0.323. The second-order valence-electron chi connectivity index (χ2n) is 6.10. The van der Waals surface area contributed by atoms with Crippen molar-refractivity contribution in [2.45, 2.75) is 13.3 Å². The predicted molar refractivity (Wildman–Crippen MR) is 96.5 cm³/mol. The van der Waals surface area contributed by atoms with Crippen LogP contribution in [0.5, 0.6) is 5.75 Å². The van der Waals surface area contributed by atoms with Crippen molar-refractivity contribution in [1.29, 1.82) is 0 Å². The molecule has 4 nitrogen and oxygen atoms in total. The predicted octanol–water partition coefficient (Wildman–Crippen LogP) is 3.12. The van der Waals surface area contributed by atoms with Gasteiger partial charge in [-0.05, 0) is 48.9 Å². The normalized spacial score (nSPS) is 14.5. The van der Waals surface area contributed by atoms with E-state index in [9.17, 15) is 9.18 Å². The van der Waals surface area contributed by atoms with Crippen LogP contribution in [0, 0.1) is 5.82 Å². The zero-order chi connectivity index (χ0) is 17.6. The summed E-state index contributed by atoms with van der Waals surface area (Å²) in [5.41, 5.74) is 1.99. The Labute approximate surface area is 147 Å². The van der Waals surface area contributed by atoms with Gasteiger partial charge in [-0.3, -0.25) is 4.79 Å². The number of amides is 1. The van der Waals surface area contributed by atoms with Gasteiger partial charge in [0, 0.05) is 31.9 Å². The molecule has 0 aromatic heterocycles. The number of hydrogen-bond acceptors (Lipinski definition) is 3. The van der Waals surface area contributed by atoms with Crippen LogP contribution in [0.3, 0.4) is 0 Å². The van der Waals surface area contributed by atoms with Crippen molar-refractivity contribution < 1.29 is 13.9 Å². The molecule has 0 bridgehead atoms. The number of benzene rings is 2. The fraction of sp³-hybridized carbons (Fsp3) is 0.350. The summed E-state index contributed by atoms with van der Waals surface area (Å²) < 4.78 is 18.4. The second-order valence-corrected chi connectivity index (χ2v) is 6.10. The maximum Gasteiger partial charge on any atom is 0.227 e. The Hall–Kier alpha value is -2.56. The van der Waals surface area contributed by atoms with Crippen LogP contribution in [0.1, 0.15) is 12.5 Å². The Bertz CT molecular complexity index is 693. The van der Waals surface area contributed by atoms with Crippen molar-refractivity contribution in [1.82, 2.24) is 4.90 Å². The molecule has 25 heavy (non-hydrogen) atoms. The molecule has 2 aromatic carbocycles. The van der Waals surface area contributed by atoms with E-state index in [-0.39, 0.29) is 11.7 Å². The lowest BCUT2D eigenvalue weighted by Gasteiger charge is -2.36. The fourth-order valence-corrected chi connectivity index (χ4v) is 3.02. The zero-order valence-corrected chi connectivity index (χ0v) is 14.5. The first-order chi connectivity index (χ1) is 12.2. The van der Waals surface area contributed by atoms with Gasteiger partial charge in [0.25, 0.3) is 0 Å². The molecule has 0 aliphatic carbocycles. The Balaban J connectivity index is 1.52. The molecular formula is C20H23FN2O2. The Morgan fingerprint density at radius 2 is 1.64 bits per heavy atom. The molecule has 0 saturated carbocycles. The van der Waals surface area contributed by atoms with Crippen LogP contribution in [0.2, 0.25) is 0 Å². The van der Waals surface area contributed by atoms with Crippen LogP contribution < -0.4 is 9.64 Å². The SMILES string of the molecule is CCOc1ccc(N2CCN(C(=O)Cc3ccc(F)cc3)CC2)cc1. The van der Waals surface area contributed by atoms with Crippen molar-refractivity contribution >= 4 is 11.6 Å². The van der Waals surface area contributed by atoms with Gasteiger partial charge in [-0.2, -0.15) is 0 Å². The average Bonchev–Trinajstić information content (AvgIpc) is 2.65. The minimum atomic E-state index is -0.278. The summed E-state index contributed by atoms with van der Waals surface area (Å²) in [6.45, 7) is 5.65. The summed E-state index contributed by atoms with van der Waals surface area (Å²) in [5.74, 6) is 0.692. The minimum absolute atomic E-state index is 0.0953. The van der Waals surface area contributed by atoms with Crippen LogP contribution in [-0.4, -0.2) is 43.6 Å². The van der Waals surface area contributed by atoms with E-state index in [2.05, 4.69) is 17.0 Å². The minimum Gasteiger partial charge on any atom is -0.494 e. The summed E-state index contributed by atoms with van der Waals surface area (Å²) in [6, 6.07) is 14.2. The van der Waals surface area contributed by atoms with Crippen LogP contribution in [0.25, 0.3) is 0 Å². The molecule has 1 saturated heterocycles. The smallest absolute Gasteiger partial charge is 0.227 e. The zero-order valence-electron chi connectivity index (χ0n) is 14.5. The molecule has 3 rings (SSSR count). The molecule has 0 N–H and O–H groups in total. The van der Waals surface area contributed by atoms with E-state index in [1.54, 1.807) is 12.1 Å². The van der Waals surface area contributed by atoms with Gasteiger partial charge in [-0.1, -0.05) is 12.1 Å². The highest BCUT2D eigenvalue weighted by Crippen LogP contribution is 2.21. The van der Waals surface area contributed by atoms with E-state index in [0.717, 1.165) is 30.1 Å². The quantitative estimate of drug-likeness (QED) is 0.837. The molecule has 1 amide bonds. The number of carbonyl (C=O) groups excluding carboxylic acids is 1. The number of anilines is 1. The maximum atomic E-state index is 12.9. The number of rotatable bonds is 5. The molecule has 1 heterocycles. The Morgan fingerprint density at radius 3 is 2.24 bits per heavy atom. The molecule has 0 radical (unpaired) electrons. The van der Waals surface area contributed by atoms with E-state index >= 15 is 0 Å². The van der Waals surface area contributed by atoms with E-state index in [1.807, 2.05) is 24.0 Å². The highest BCUT2D eigenvalue weighted by atomic mass is 19.1. The van der Waals surface area contributed by atoms with Gasteiger partial charge in [0.1, 0.15) is 11.6 Å². The first kappa shape index (κ1) is 17.3. The maximum absolute atomic E-state index is 12.9. The van der Waals surface area contributed by atoms with Crippen molar-refractivity contribution in [3.63, 3.8) is 0 Å². The highest BCUT2D eigenvalue weighted by molar-refractivity contribution is 5.79. The van der Waals surface area contributed by atoms with E-state index < -0.39 is 0 Å². The van der Waals surface area contributed by atoms with Crippen molar-refractivity contribution in [2.75, 3.05) is 37.7 Å². The molecule has 1 aliphatic heterocycles. The summed E-state index contributed by atoms with van der Waals surface area (Å²) in [7, 11) is 0. The molecule has 1 fully saturated rings. The van der Waals surface area contributed by atoms with E-state index in [0.29, 0.717) is 26.1 Å². The van der Waals surface area contributed by atoms with E-state index in [1.165, 1.54) is 12.1 Å².